The summed E-state index contributed by atoms with van der Waals surface area (Å²) in [5, 5.41) is 3.38. The Bertz CT molecular complexity index is 545. The van der Waals surface area contributed by atoms with Gasteiger partial charge in [-0.1, -0.05) is 12.1 Å². The predicted molar refractivity (Wildman–Crippen MR) is 66.5 cm³/mol. The zero-order chi connectivity index (χ0) is 11.8. The first-order valence-electron chi connectivity index (χ1n) is 5.80. The molecule has 1 aliphatic rings. The Kier molecular flexibility index (Phi) is 2.32. The van der Waals surface area contributed by atoms with E-state index >= 15 is 0 Å². The van der Waals surface area contributed by atoms with Gasteiger partial charge in [0, 0.05) is 5.56 Å². The highest BCUT2D eigenvalue weighted by Crippen LogP contribution is 2.35. The lowest BCUT2D eigenvalue weighted by atomic mass is 10.1. The van der Waals surface area contributed by atoms with Crippen LogP contribution in [0.4, 0.5) is 5.69 Å². The van der Waals surface area contributed by atoms with Crippen LogP contribution in [0.5, 0.6) is 5.75 Å². The van der Waals surface area contributed by atoms with Crippen molar-refractivity contribution in [3.63, 3.8) is 0 Å². The topological polar surface area (TPSA) is 34.4 Å². The average molecular weight is 229 g/mol. The number of aryl methyl sites for hydroxylation is 2. The van der Waals surface area contributed by atoms with E-state index in [0.717, 1.165) is 35.1 Å². The number of furan rings is 1. The van der Waals surface area contributed by atoms with Gasteiger partial charge < -0.3 is 14.5 Å². The number of nitrogens with one attached hydrogen (secondary N) is 1. The second kappa shape index (κ2) is 3.84. The summed E-state index contributed by atoms with van der Waals surface area (Å²) in [6.07, 6.45) is 0.0300. The molecule has 0 aliphatic carbocycles. The van der Waals surface area contributed by atoms with Crippen molar-refractivity contribution in [2.75, 3.05) is 11.9 Å². The average Bonchev–Trinajstić information content (AvgIpc) is 2.68. The van der Waals surface area contributed by atoms with Crippen molar-refractivity contribution in [1.29, 1.82) is 0 Å². The molecule has 17 heavy (non-hydrogen) atoms. The monoisotopic (exact) mass is 229 g/mol. The molecule has 0 bridgehead atoms. The number of anilines is 1. The molecule has 1 atom stereocenters. The van der Waals surface area contributed by atoms with Gasteiger partial charge in [-0.15, -0.1) is 0 Å². The minimum atomic E-state index is 0.0300. The standard InChI is InChI=1S/C14H15NO2/c1-9-7-11(10(2)16-9)14-8-15-12-5-3-4-6-13(12)17-14/h3-7,14-15H,8H2,1-2H3. The molecule has 88 valence electrons. The van der Waals surface area contributed by atoms with Crippen molar-refractivity contribution in [3.8, 4) is 5.75 Å². The highest BCUT2D eigenvalue weighted by molar-refractivity contribution is 5.58. The molecule has 1 aromatic carbocycles. The SMILES string of the molecule is Cc1cc(C2CNc3ccccc3O2)c(C)o1. The van der Waals surface area contributed by atoms with Crippen molar-refractivity contribution < 1.29 is 9.15 Å². The molecule has 0 saturated heterocycles. The maximum Gasteiger partial charge on any atom is 0.144 e. The maximum atomic E-state index is 5.99. The second-order valence-electron chi connectivity index (χ2n) is 4.35. The van der Waals surface area contributed by atoms with Crippen LogP contribution >= 0.6 is 0 Å². The molecule has 1 aliphatic heterocycles. The fourth-order valence-electron chi connectivity index (χ4n) is 2.26. The maximum absolute atomic E-state index is 5.99. The van der Waals surface area contributed by atoms with E-state index in [2.05, 4.69) is 11.4 Å². The number of hydrogen-bond donors (Lipinski definition) is 1. The van der Waals surface area contributed by atoms with Gasteiger partial charge in [0.2, 0.25) is 0 Å². The van der Waals surface area contributed by atoms with Crippen molar-refractivity contribution >= 4 is 5.69 Å². The molecule has 3 rings (SSSR count). The lowest BCUT2D eigenvalue weighted by Crippen LogP contribution is -2.23. The largest absolute Gasteiger partial charge is 0.482 e. The van der Waals surface area contributed by atoms with Crippen LogP contribution in [0, 0.1) is 13.8 Å². The number of ether oxygens (including phenoxy) is 1. The third kappa shape index (κ3) is 1.78. The Morgan fingerprint density at radius 1 is 1.24 bits per heavy atom. The van der Waals surface area contributed by atoms with E-state index in [1.807, 2.05) is 38.1 Å². The number of hydrogen-bond acceptors (Lipinski definition) is 3. The van der Waals surface area contributed by atoms with E-state index in [9.17, 15) is 0 Å². The van der Waals surface area contributed by atoms with E-state index in [1.165, 1.54) is 0 Å². The minimum absolute atomic E-state index is 0.0300. The lowest BCUT2D eigenvalue weighted by molar-refractivity contribution is 0.208. The summed E-state index contributed by atoms with van der Waals surface area (Å²) in [6.45, 7) is 4.71. The molecule has 0 fully saturated rings. The highest BCUT2D eigenvalue weighted by Gasteiger charge is 2.23. The summed E-state index contributed by atoms with van der Waals surface area (Å²) >= 11 is 0. The van der Waals surface area contributed by atoms with E-state index in [4.69, 9.17) is 9.15 Å². The Morgan fingerprint density at radius 3 is 2.82 bits per heavy atom. The van der Waals surface area contributed by atoms with E-state index < -0.39 is 0 Å². The fraction of sp³-hybridized carbons (Fsp3) is 0.286. The summed E-state index contributed by atoms with van der Waals surface area (Å²) in [5.74, 6) is 2.77. The fourth-order valence-corrected chi connectivity index (χ4v) is 2.26. The zero-order valence-corrected chi connectivity index (χ0v) is 9.99. The molecular weight excluding hydrogens is 214 g/mol. The van der Waals surface area contributed by atoms with Gasteiger partial charge >= 0.3 is 0 Å². The van der Waals surface area contributed by atoms with Gasteiger partial charge in [-0.2, -0.15) is 0 Å². The second-order valence-corrected chi connectivity index (χ2v) is 4.35. The summed E-state index contributed by atoms with van der Waals surface area (Å²) in [6, 6.07) is 10.0. The minimum Gasteiger partial charge on any atom is -0.482 e. The van der Waals surface area contributed by atoms with Gasteiger partial charge in [-0.3, -0.25) is 0 Å². The van der Waals surface area contributed by atoms with Crippen LogP contribution in [-0.4, -0.2) is 6.54 Å². The molecule has 1 aromatic heterocycles. The van der Waals surface area contributed by atoms with Gasteiger partial charge in [0.1, 0.15) is 23.4 Å². The Labute approximate surface area is 100 Å². The van der Waals surface area contributed by atoms with Crippen LogP contribution in [0.25, 0.3) is 0 Å². The molecule has 1 N–H and O–H groups in total. The normalized spacial score (nSPS) is 18.1. The van der Waals surface area contributed by atoms with Crippen molar-refractivity contribution in [2.24, 2.45) is 0 Å². The molecule has 0 amide bonds. The molecule has 0 radical (unpaired) electrons. The molecule has 3 nitrogen and oxygen atoms in total. The van der Waals surface area contributed by atoms with Crippen LogP contribution in [0.1, 0.15) is 23.2 Å². The summed E-state index contributed by atoms with van der Waals surface area (Å²) in [7, 11) is 0. The quantitative estimate of drug-likeness (QED) is 0.813. The van der Waals surface area contributed by atoms with Gasteiger partial charge in [-0.05, 0) is 32.0 Å². The third-order valence-corrected chi connectivity index (χ3v) is 3.06. The first-order valence-corrected chi connectivity index (χ1v) is 5.80. The number of para-hydroxylation sites is 2. The molecular formula is C14H15NO2. The van der Waals surface area contributed by atoms with Crippen LogP contribution < -0.4 is 10.1 Å². The van der Waals surface area contributed by atoms with Crippen LogP contribution in [0.3, 0.4) is 0 Å². The zero-order valence-electron chi connectivity index (χ0n) is 9.99. The smallest absolute Gasteiger partial charge is 0.144 e. The molecule has 0 saturated carbocycles. The van der Waals surface area contributed by atoms with Crippen LogP contribution in [0.2, 0.25) is 0 Å². The first kappa shape index (κ1) is 10.3. The van der Waals surface area contributed by atoms with Gasteiger partial charge in [-0.25, -0.2) is 0 Å². The van der Waals surface area contributed by atoms with E-state index in [-0.39, 0.29) is 6.10 Å². The third-order valence-electron chi connectivity index (χ3n) is 3.06. The van der Waals surface area contributed by atoms with Crippen molar-refractivity contribution in [3.05, 3.63) is 47.4 Å². The number of rotatable bonds is 1. The van der Waals surface area contributed by atoms with Gasteiger partial charge in [0.25, 0.3) is 0 Å². The van der Waals surface area contributed by atoms with Gasteiger partial charge in [0.05, 0.1) is 12.2 Å². The highest BCUT2D eigenvalue weighted by atomic mass is 16.5. The first-order chi connectivity index (χ1) is 8.24. The number of fused-ring (bicyclic) bond motifs is 1. The molecule has 0 spiro atoms. The Hall–Kier alpha value is -1.90. The Balaban J connectivity index is 1.92. The molecule has 2 aromatic rings. The Morgan fingerprint density at radius 2 is 2.06 bits per heavy atom. The van der Waals surface area contributed by atoms with Crippen LogP contribution in [0.15, 0.2) is 34.7 Å². The van der Waals surface area contributed by atoms with Crippen molar-refractivity contribution in [2.45, 2.75) is 20.0 Å². The van der Waals surface area contributed by atoms with Crippen molar-refractivity contribution in [1.82, 2.24) is 0 Å². The van der Waals surface area contributed by atoms with Gasteiger partial charge in [0.15, 0.2) is 0 Å². The molecule has 2 heterocycles. The summed E-state index contributed by atoms with van der Waals surface area (Å²) in [5.41, 5.74) is 2.19. The summed E-state index contributed by atoms with van der Waals surface area (Å²) < 4.78 is 11.5. The summed E-state index contributed by atoms with van der Waals surface area (Å²) in [4.78, 5) is 0. The van der Waals surface area contributed by atoms with E-state index in [1.54, 1.807) is 0 Å². The molecule has 3 heteroatoms. The van der Waals surface area contributed by atoms with Crippen LogP contribution in [-0.2, 0) is 0 Å². The molecule has 1 unspecified atom stereocenters. The predicted octanol–water partition coefficient (Wildman–Crippen LogP) is 3.44. The van der Waals surface area contributed by atoms with E-state index in [0.29, 0.717) is 0 Å². The lowest BCUT2D eigenvalue weighted by Gasteiger charge is -2.27. The number of benzene rings is 1.